The largest absolute Gasteiger partial charge is 0.481 e. The van der Waals surface area contributed by atoms with Crippen LogP contribution in [-0.4, -0.2) is 59.0 Å². The molecule has 1 saturated heterocycles. The molecule has 5 nitrogen and oxygen atoms in total. The number of nitrogens with zero attached hydrogens (tertiary/aromatic N) is 2. The molecule has 1 amide bonds. The lowest BCUT2D eigenvalue weighted by molar-refractivity contribution is -0.145. The third kappa shape index (κ3) is 3.70. The van der Waals surface area contributed by atoms with E-state index in [1.807, 2.05) is 0 Å². The number of piperazine rings is 1. The molecule has 1 aliphatic heterocycles. The molecule has 1 N–H and O–H groups in total. The van der Waals surface area contributed by atoms with Gasteiger partial charge in [-0.05, 0) is 19.3 Å². The fourth-order valence-electron chi connectivity index (χ4n) is 2.57. The summed E-state index contributed by atoms with van der Waals surface area (Å²) in [5, 5.41) is 8.79. The van der Waals surface area contributed by atoms with E-state index in [4.69, 9.17) is 5.11 Å². The number of carbonyl (C=O) groups is 2. The number of carboxylic acid groups (broad SMARTS) is 1. The van der Waals surface area contributed by atoms with Crippen LogP contribution in [0.1, 0.15) is 33.6 Å². The van der Waals surface area contributed by atoms with Gasteiger partial charge in [-0.3, -0.25) is 14.5 Å². The van der Waals surface area contributed by atoms with E-state index >= 15 is 0 Å². The van der Waals surface area contributed by atoms with Crippen LogP contribution in [0.4, 0.5) is 0 Å². The fraction of sp³-hybridized carbons (Fsp3) is 0.846. The highest BCUT2D eigenvalue weighted by Gasteiger charge is 2.37. The first-order valence-corrected chi connectivity index (χ1v) is 6.55. The van der Waals surface area contributed by atoms with Gasteiger partial charge in [0.15, 0.2) is 0 Å². The lowest BCUT2D eigenvalue weighted by atomic mass is 10.00. The van der Waals surface area contributed by atoms with Crippen molar-refractivity contribution >= 4 is 11.9 Å². The van der Waals surface area contributed by atoms with Gasteiger partial charge in [0.1, 0.15) is 0 Å². The highest BCUT2D eigenvalue weighted by molar-refractivity contribution is 5.83. The predicted octanol–water partition coefficient (Wildman–Crippen LogP) is 1.04. The topological polar surface area (TPSA) is 60.9 Å². The van der Waals surface area contributed by atoms with Gasteiger partial charge in [0.2, 0.25) is 5.91 Å². The molecule has 0 aromatic carbocycles. The Balaban J connectivity index is 2.79. The maximum atomic E-state index is 12.2. The molecule has 0 saturated carbocycles. The second kappa shape index (κ2) is 6.18. The molecule has 0 spiro atoms. The summed E-state index contributed by atoms with van der Waals surface area (Å²) < 4.78 is 0. The van der Waals surface area contributed by atoms with Gasteiger partial charge in [-0.15, -0.1) is 0 Å². The minimum atomic E-state index is -0.840. The molecular formula is C13H24N2O3. The molecule has 1 aliphatic rings. The average molecular weight is 256 g/mol. The number of carboxylic acids is 1. The predicted molar refractivity (Wildman–Crippen MR) is 69.3 cm³/mol. The van der Waals surface area contributed by atoms with Crippen molar-refractivity contribution in [3.63, 3.8) is 0 Å². The Labute approximate surface area is 109 Å². The van der Waals surface area contributed by atoms with E-state index in [9.17, 15) is 9.59 Å². The van der Waals surface area contributed by atoms with Crippen LogP contribution in [-0.2, 0) is 9.59 Å². The molecular weight excluding hydrogens is 232 g/mol. The maximum absolute atomic E-state index is 12.2. The number of carbonyl (C=O) groups excluding carboxylic acids is 1. The Morgan fingerprint density at radius 1 is 1.50 bits per heavy atom. The Bertz CT molecular complexity index is 317. The third-order valence-electron chi connectivity index (χ3n) is 3.37. The van der Waals surface area contributed by atoms with Crippen molar-refractivity contribution in [2.45, 2.75) is 45.7 Å². The minimum Gasteiger partial charge on any atom is -0.481 e. The first kappa shape index (κ1) is 15.0. The van der Waals surface area contributed by atoms with E-state index in [1.54, 1.807) is 11.9 Å². The zero-order valence-electron chi connectivity index (χ0n) is 11.7. The van der Waals surface area contributed by atoms with E-state index in [1.165, 1.54) is 0 Å². The summed E-state index contributed by atoms with van der Waals surface area (Å²) in [4.78, 5) is 26.7. The summed E-state index contributed by atoms with van der Waals surface area (Å²) in [5.74, 6) is -0.320. The zero-order chi connectivity index (χ0) is 13.9. The summed E-state index contributed by atoms with van der Waals surface area (Å²) >= 11 is 0. The van der Waals surface area contributed by atoms with Gasteiger partial charge in [-0.1, -0.05) is 13.8 Å². The SMILES string of the molecule is CC(C)CN1C(C)CN(C)C(=O)C1CCC(=O)O. The van der Waals surface area contributed by atoms with E-state index in [0.717, 1.165) is 13.1 Å². The molecule has 0 aliphatic carbocycles. The van der Waals surface area contributed by atoms with Crippen LogP contribution in [0.5, 0.6) is 0 Å². The first-order valence-electron chi connectivity index (χ1n) is 6.55. The lowest BCUT2D eigenvalue weighted by Gasteiger charge is -2.44. The van der Waals surface area contributed by atoms with E-state index < -0.39 is 5.97 Å². The molecule has 1 fully saturated rings. The van der Waals surface area contributed by atoms with Crippen molar-refractivity contribution in [1.82, 2.24) is 9.80 Å². The van der Waals surface area contributed by atoms with Gasteiger partial charge in [0, 0.05) is 32.6 Å². The van der Waals surface area contributed by atoms with Crippen LogP contribution >= 0.6 is 0 Å². The summed E-state index contributed by atoms with van der Waals surface area (Å²) in [6, 6.07) is 0.00569. The van der Waals surface area contributed by atoms with Crippen molar-refractivity contribution in [1.29, 1.82) is 0 Å². The molecule has 0 radical (unpaired) electrons. The van der Waals surface area contributed by atoms with Crippen molar-refractivity contribution in [3.8, 4) is 0 Å². The standard InChI is InChI=1S/C13H24N2O3/c1-9(2)7-15-10(3)8-14(4)13(18)11(15)5-6-12(16)17/h9-11H,5-8H2,1-4H3,(H,16,17). The van der Waals surface area contributed by atoms with Crippen LogP contribution in [0.3, 0.4) is 0 Å². The summed E-state index contributed by atoms with van der Waals surface area (Å²) in [6.07, 6.45) is 0.446. The van der Waals surface area contributed by atoms with E-state index in [-0.39, 0.29) is 24.4 Å². The lowest BCUT2D eigenvalue weighted by Crippen LogP contribution is -2.60. The van der Waals surface area contributed by atoms with Gasteiger partial charge < -0.3 is 10.0 Å². The number of hydrogen-bond acceptors (Lipinski definition) is 3. The molecule has 1 rings (SSSR count). The van der Waals surface area contributed by atoms with Crippen LogP contribution in [0.15, 0.2) is 0 Å². The van der Waals surface area contributed by atoms with Gasteiger partial charge in [-0.25, -0.2) is 0 Å². The molecule has 0 bridgehead atoms. The monoisotopic (exact) mass is 256 g/mol. The van der Waals surface area contributed by atoms with Crippen molar-refractivity contribution in [3.05, 3.63) is 0 Å². The van der Waals surface area contributed by atoms with Crippen LogP contribution < -0.4 is 0 Å². The summed E-state index contributed by atoms with van der Waals surface area (Å²) in [5.41, 5.74) is 0. The molecule has 1 heterocycles. The minimum absolute atomic E-state index is 0.0472. The van der Waals surface area contributed by atoms with Crippen molar-refractivity contribution < 1.29 is 14.7 Å². The summed E-state index contributed by atoms with van der Waals surface area (Å²) in [7, 11) is 1.79. The molecule has 2 atom stereocenters. The van der Waals surface area contributed by atoms with E-state index in [0.29, 0.717) is 12.3 Å². The van der Waals surface area contributed by atoms with Gasteiger partial charge in [0.25, 0.3) is 0 Å². The third-order valence-corrected chi connectivity index (χ3v) is 3.37. The smallest absolute Gasteiger partial charge is 0.303 e. The number of aliphatic carboxylic acids is 1. The molecule has 2 unspecified atom stereocenters. The van der Waals surface area contributed by atoms with Crippen molar-refractivity contribution in [2.24, 2.45) is 5.92 Å². The Hall–Kier alpha value is -1.10. The maximum Gasteiger partial charge on any atom is 0.303 e. The van der Waals surface area contributed by atoms with E-state index in [2.05, 4.69) is 25.7 Å². The second-order valence-corrected chi connectivity index (χ2v) is 5.61. The number of rotatable bonds is 5. The Morgan fingerprint density at radius 3 is 2.61 bits per heavy atom. The second-order valence-electron chi connectivity index (χ2n) is 5.61. The Kier molecular flexibility index (Phi) is 5.14. The average Bonchev–Trinajstić information content (AvgIpc) is 2.24. The van der Waals surface area contributed by atoms with Crippen LogP contribution in [0, 0.1) is 5.92 Å². The number of amides is 1. The number of hydrogen-bond donors (Lipinski definition) is 1. The first-order chi connectivity index (χ1) is 8.32. The molecule has 0 aromatic rings. The van der Waals surface area contributed by atoms with Gasteiger partial charge in [0.05, 0.1) is 6.04 Å². The highest BCUT2D eigenvalue weighted by atomic mass is 16.4. The van der Waals surface area contributed by atoms with Gasteiger partial charge >= 0.3 is 5.97 Å². The zero-order valence-corrected chi connectivity index (χ0v) is 11.7. The molecule has 5 heteroatoms. The number of likely N-dealkylation sites (N-methyl/N-ethyl adjacent to an activating group) is 1. The molecule has 0 aromatic heterocycles. The normalized spacial score (nSPS) is 25.8. The summed E-state index contributed by atoms with van der Waals surface area (Å²) in [6.45, 7) is 7.88. The fourth-order valence-corrected chi connectivity index (χ4v) is 2.57. The molecule has 18 heavy (non-hydrogen) atoms. The quantitative estimate of drug-likeness (QED) is 0.798. The molecule has 104 valence electrons. The highest BCUT2D eigenvalue weighted by Crippen LogP contribution is 2.21. The van der Waals surface area contributed by atoms with Crippen LogP contribution in [0.25, 0.3) is 0 Å². The van der Waals surface area contributed by atoms with Crippen LogP contribution in [0.2, 0.25) is 0 Å². The Morgan fingerprint density at radius 2 is 2.11 bits per heavy atom. The van der Waals surface area contributed by atoms with Crippen molar-refractivity contribution in [2.75, 3.05) is 20.1 Å². The van der Waals surface area contributed by atoms with Gasteiger partial charge in [-0.2, -0.15) is 0 Å².